The predicted molar refractivity (Wildman–Crippen MR) is 61.9 cm³/mol. The Kier molecular flexibility index (Phi) is 7.41. The van der Waals surface area contributed by atoms with Crippen LogP contribution in [0.15, 0.2) is 0 Å². The summed E-state index contributed by atoms with van der Waals surface area (Å²) in [6.07, 6.45) is 7.42. The molecule has 80 valence electrons. The lowest BCUT2D eigenvalue weighted by Gasteiger charge is -2.31. The Hall–Kier alpha value is 0. The molecule has 0 heterocycles. The molecular weight excluding hydrogens is 156 g/mol. The van der Waals surface area contributed by atoms with E-state index in [1.165, 1.54) is 32.1 Å². The van der Waals surface area contributed by atoms with E-state index in [0.29, 0.717) is 0 Å². The maximum absolute atomic E-state index is 2.37. The van der Waals surface area contributed by atoms with E-state index in [2.05, 4.69) is 20.8 Å². The van der Waals surface area contributed by atoms with Crippen LogP contribution >= 0.6 is 0 Å². The largest absolute Gasteiger partial charge is 0.0683 e. The molecule has 0 aromatic heterocycles. The van der Waals surface area contributed by atoms with E-state index in [1.807, 2.05) is 13.8 Å². The smallest absolute Gasteiger partial charge is 0.0391 e. The van der Waals surface area contributed by atoms with Crippen LogP contribution in [0.1, 0.15) is 66.7 Å². The minimum Gasteiger partial charge on any atom is -0.0683 e. The van der Waals surface area contributed by atoms with Crippen molar-refractivity contribution in [3.63, 3.8) is 0 Å². The van der Waals surface area contributed by atoms with E-state index in [4.69, 9.17) is 0 Å². The van der Waals surface area contributed by atoms with Crippen LogP contribution in [0.5, 0.6) is 0 Å². The summed E-state index contributed by atoms with van der Waals surface area (Å²) in [5, 5.41) is 0. The molecule has 0 radical (unpaired) electrons. The Balaban J connectivity index is 0.000000671. The average molecular weight is 184 g/mol. The Labute approximate surface area is 85.1 Å². The summed E-state index contributed by atoms with van der Waals surface area (Å²) in [6, 6.07) is 0. The molecule has 1 fully saturated rings. The van der Waals surface area contributed by atoms with Crippen molar-refractivity contribution in [2.24, 2.45) is 17.8 Å². The third-order valence-corrected chi connectivity index (χ3v) is 3.33. The second-order valence-corrected chi connectivity index (χ2v) is 4.44. The molecule has 0 saturated heterocycles. The third-order valence-electron chi connectivity index (χ3n) is 3.33. The van der Waals surface area contributed by atoms with Gasteiger partial charge in [-0.15, -0.1) is 0 Å². The van der Waals surface area contributed by atoms with Crippen molar-refractivity contribution in [2.75, 3.05) is 0 Å². The molecule has 1 saturated carbocycles. The SMILES string of the molecule is CC.CCC(CC1CCC1)C(C)C. The molecule has 0 heteroatoms. The van der Waals surface area contributed by atoms with Gasteiger partial charge in [0.05, 0.1) is 0 Å². The van der Waals surface area contributed by atoms with Gasteiger partial charge in [0.15, 0.2) is 0 Å². The molecule has 1 unspecified atom stereocenters. The maximum Gasteiger partial charge on any atom is -0.0391 e. The molecule has 13 heavy (non-hydrogen) atoms. The normalized spacial score (nSPS) is 18.9. The Morgan fingerprint density at radius 1 is 1.15 bits per heavy atom. The maximum atomic E-state index is 2.37. The quantitative estimate of drug-likeness (QED) is 0.584. The molecule has 0 aliphatic heterocycles. The summed E-state index contributed by atoms with van der Waals surface area (Å²) in [7, 11) is 0. The van der Waals surface area contributed by atoms with Crippen LogP contribution in [0, 0.1) is 17.8 Å². The molecule has 0 aromatic carbocycles. The highest BCUT2D eigenvalue weighted by atomic mass is 14.3. The lowest BCUT2D eigenvalue weighted by atomic mass is 9.75. The summed E-state index contributed by atoms with van der Waals surface area (Å²) >= 11 is 0. The van der Waals surface area contributed by atoms with Crippen molar-refractivity contribution < 1.29 is 0 Å². The van der Waals surface area contributed by atoms with Crippen LogP contribution in [0.3, 0.4) is 0 Å². The lowest BCUT2D eigenvalue weighted by Crippen LogP contribution is -2.18. The minimum atomic E-state index is 0.903. The molecule has 1 rings (SSSR count). The molecule has 0 nitrogen and oxygen atoms in total. The molecule has 1 atom stereocenters. The van der Waals surface area contributed by atoms with Gasteiger partial charge in [-0.3, -0.25) is 0 Å². The van der Waals surface area contributed by atoms with Crippen molar-refractivity contribution in [3.8, 4) is 0 Å². The van der Waals surface area contributed by atoms with Crippen LogP contribution < -0.4 is 0 Å². The number of hydrogen-bond donors (Lipinski definition) is 0. The first-order valence-corrected chi connectivity index (χ1v) is 6.24. The van der Waals surface area contributed by atoms with Gasteiger partial charge in [0.1, 0.15) is 0 Å². The molecule has 0 spiro atoms. The Morgan fingerprint density at radius 2 is 1.69 bits per heavy atom. The molecule has 1 aliphatic rings. The van der Waals surface area contributed by atoms with E-state index in [1.54, 1.807) is 0 Å². The molecule has 0 N–H and O–H groups in total. The summed E-state index contributed by atoms with van der Waals surface area (Å²) < 4.78 is 0. The standard InChI is InChI=1S/C11H22.C2H6/c1-4-11(9(2)3)8-10-6-5-7-10;1-2/h9-11H,4-8H2,1-3H3;1-2H3. The minimum absolute atomic E-state index is 0.903. The average Bonchev–Trinajstić information content (AvgIpc) is 2.06. The number of rotatable bonds is 4. The summed E-state index contributed by atoms with van der Waals surface area (Å²) in [5.74, 6) is 3.00. The first-order valence-electron chi connectivity index (χ1n) is 6.24. The summed E-state index contributed by atoms with van der Waals surface area (Å²) in [4.78, 5) is 0. The van der Waals surface area contributed by atoms with Crippen molar-refractivity contribution in [1.82, 2.24) is 0 Å². The highest BCUT2D eigenvalue weighted by molar-refractivity contribution is 4.74. The molecule has 1 aliphatic carbocycles. The van der Waals surface area contributed by atoms with Crippen molar-refractivity contribution in [1.29, 1.82) is 0 Å². The number of hydrogen-bond acceptors (Lipinski definition) is 0. The van der Waals surface area contributed by atoms with E-state index >= 15 is 0 Å². The highest BCUT2D eigenvalue weighted by Crippen LogP contribution is 2.35. The third kappa shape index (κ3) is 4.69. The first-order chi connectivity index (χ1) is 6.24. The second-order valence-electron chi connectivity index (χ2n) is 4.44. The fraction of sp³-hybridized carbons (Fsp3) is 1.00. The zero-order valence-corrected chi connectivity index (χ0v) is 10.3. The topological polar surface area (TPSA) is 0 Å². The fourth-order valence-corrected chi connectivity index (χ4v) is 2.07. The van der Waals surface area contributed by atoms with Crippen molar-refractivity contribution in [2.45, 2.75) is 66.7 Å². The second kappa shape index (κ2) is 7.41. The highest BCUT2D eigenvalue weighted by Gasteiger charge is 2.22. The Bertz CT molecular complexity index is 101. The lowest BCUT2D eigenvalue weighted by molar-refractivity contribution is 0.212. The van der Waals surface area contributed by atoms with Gasteiger partial charge in [0.25, 0.3) is 0 Å². The zero-order valence-electron chi connectivity index (χ0n) is 10.3. The van der Waals surface area contributed by atoms with Gasteiger partial charge in [0, 0.05) is 0 Å². The monoisotopic (exact) mass is 184 g/mol. The van der Waals surface area contributed by atoms with E-state index in [0.717, 1.165) is 17.8 Å². The molecular formula is C13H28. The molecule has 0 amide bonds. The van der Waals surface area contributed by atoms with Crippen LogP contribution in [-0.4, -0.2) is 0 Å². The van der Waals surface area contributed by atoms with Gasteiger partial charge in [-0.25, -0.2) is 0 Å². The van der Waals surface area contributed by atoms with E-state index < -0.39 is 0 Å². The first kappa shape index (κ1) is 13.0. The van der Waals surface area contributed by atoms with Gasteiger partial charge in [0.2, 0.25) is 0 Å². The zero-order chi connectivity index (χ0) is 10.3. The van der Waals surface area contributed by atoms with Crippen molar-refractivity contribution >= 4 is 0 Å². The Morgan fingerprint density at radius 3 is 1.92 bits per heavy atom. The van der Waals surface area contributed by atoms with Crippen molar-refractivity contribution in [3.05, 3.63) is 0 Å². The van der Waals surface area contributed by atoms with Gasteiger partial charge >= 0.3 is 0 Å². The van der Waals surface area contributed by atoms with E-state index in [-0.39, 0.29) is 0 Å². The van der Waals surface area contributed by atoms with Gasteiger partial charge in [-0.1, -0.05) is 60.3 Å². The van der Waals surface area contributed by atoms with E-state index in [9.17, 15) is 0 Å². The molecule has 0 aromatic rings. The predicted octanol–water partition coefficient (Wildman–Crippen LogP) is 4.89. The van der Waals surface area contributed by atoms with Gasteiger partial charge in [-0.05, 0) is 24.2 Å². The van der Waals surface area contributed by atoms with Gasteiger partial charge < -0.3 is 0 Å². The van der Waals surface area contributed by atoms with Crippen LogP contribution in [-0.2, 0) is 0 Å². The fourth-order valence-electron chi connectivity index (χ4n) is 2.07. The molecule has 0 bridgehead atoms. The van der Waals surface area contributed by atoms with Crippen LogP contribution in [0.2, 0.25) is 0 Å². The van der Waals surface area contributed by atoms with Crippen LogP contribution in [0.25, 0.3) is 0 Å². The summed E-state index contributed by atoms with van der Waals surface area (Å²) in [6.45, 7) is 11.1. The van der Waals surface area contributed by atoms with Gasteiger partial charge in [-0.2, -0.15) is 0 Å². The van der Waals surface area contributed by atoms with Crippen LogP contribution in [0.4, 0.5) is 0 Å². The summed E-state index contributed by atoms with van der Waals surface area (Å²) in [5.41, 5.74) is 0.